The lowest BCUT2D eigenvalue weighted by atomic mass is 10.0. The van der Waals surface area contributed by atoms with Crippen LogP contribution in [0.3, 0.4) is 0 Å². The molecule has 6 heteroatoms. The Balaban J connectivity index is 3.40. The number of allylic oxidation sites excluding steroid dienone is 5. The van der Waals surface area contributed by atoms with Crippen molar-refractivity contribution in [1.82, 2.24) is 5.32 Å². The monoisotopic (exact) mass is 1190 g/mol. The molecule has 0 spiro atoms. The lowest BCUT2D eigenvalue weighted by Crippen LogP contribution is -2.45. The van der Waals surface area contributed by atoms with Gasteiger partial charge in [0, 0.05) is 12.8 Å². The minimum absolute atomic E-state index is 0.00829. The molecule has 0 aromatic rings. The van der Waals surface area contributed by atoms with Gasteiger partial charge in [-0.15, -0.1) is 0 Å². The lowest BCUT2D eigenvalue weighted by molar-refractivity contribution is -0.143. The molecule has 0 fully saturated rings. The molecule has 3 N–H and O–H groups in total. The van der Waals surface area contributed by atoms with Crippen LogP contribution in [0.15, 0.2) is 36.5 Å². The number of ether oxygens (including phenoxy) is 1. The van der Waals surface area contributed by atoms with Crippen molar-refractivity contribution < 1.29 is 24.5 Å². The van der Waals surface area contributed by atoms with Gasteiger partial charge in [-0.05, 0) is 83.5 Å². The number of esters is 1. The van der Waals surface area contributed by atoms with Gasteiger partial charge in [0.1, 0.15) is 0 Å². The van der Waals surface area contributed by atoms with Crippen molar-refractivity contribution in [2.75, 3.05) is 13.2 Å². The fourth-order valence-corrected chi connectivity index (χ4v) is 12.2. The summed E-state index contributed by atoms with van der Waals surface area (Å²) < 4.78 is 5.49. The average Bonchev–Trinajstić information content (AvgIpc) is 3.51. The largest absolute Gasteiger partial charge is 0.466 e. The number of aliphatic hydroxyl groups excluding tert-OH is 2. The molecule has 502 valence electrons. The van der Waals surface area contributed by atoms with Gasteiger partial charge in [0.05, 0.1) is 25.4 Å². The predicted octanol–water partition coefficient (Wildman–Crippen LogP) is 25.4. The molecule has 0 saturated heterocycles. The minimum Gasteiger partial charge on any atom is -0.466 e. The van der Waals surface area contributed by atoms with E-state index in [1.807, 2.05) is 6.08 Å². The van der Waals surface area contributed by atoms with E-state index in [1.54, 1.807) is 6.08 Å². The lowest BCUT2D eigenvalue weighted by Gasteiger charge is -2.20. The predicted molar refractivity (Wildman–Crippen MR) is 375 cm³/mol. The van der Waals surface area contributed by atoms with E-state index < -0.39 is 12.1 Å². The summed E-state index contributed by atoms with van der Waals surface area (Å²) in [6.07, 6.45) is 96.8. The first-order chi connectivity index (χ1) is 42.0. The number of unbranched alkanes of at least 4 members (excludes halogenated alkanes) is 58. The van der Waals surface area contributed by atoms with Crippen LogP contribution in [-0.4, -0.2) is 47.4 Å². The summed E-state index contributed by atoms with van der Waals surface area (Å²) in [5.41, 5.74) is 0. The average molecular weight is 1200 g/mol. The third-order valence-electron chi connectivity index (χ3n) is 18.1. The summed E-state index contributed by atoms with van der Waals surface area (Å²) in [5, 5.41) is 23.3. The molecule has 0 bridgehead atoms. The second-order valence-electron chi connectivity index (χ2n) is 26.7. The molecule has 0 rings (SSSR count). The molecule has 0 aromatic heterocycles. The molecule has 2 atom stereocenters. The quantitative estimate of drug-likeness (QED) is 0.0320. The van der Waals surface area contributed by atoms with E-state index in [0.717, 1.165) is 44.9 Å². The summed E-state index contributed by atoms with van der Waals surface area (Å²) >= 11 is 0. The van der Waals surface area contributed by atoms with Crippen LogP contribution >= 0.6 is 0 Å². The van der Waals surface area contributed by atoms with E-state index in [0.29, 0.717) is 19.4 Å². The number of hydrogen-bond acceptors (Lipinski definition) is 5. The van der Waals surface area contributed by atoms with Crippen LogP contribution in [0.2, 0.25) is 0 Å². The van der Waals surface area contributed by atoms with E-state index in [9.17, 15) is 19.8 Å². The zero-order valence-electron chi connectivity index (χ0n) is 57.6. The van der Waals surface area contributed by atoms with Gasteiger partial charge in [0.15, 0.2) is 0 Å². The fraction of sp³-hybridized carbons (Fsp3) is 0.899. The van der Waals surface area contributed by atoms with Crippen LogP contribution in [0, 0.1) is 0 Å². The number of amides is 1. The standard InChI is InChI=1S/C79H151NO5/c1-3-5-7-9-11-13-15-17-19-20-21-22-23-29-32-35-38-41-44-47-51-55-59-63-67-71-77(82)76(75-81)80-78(83)72-68-64-60-56-52-48-45-42-39-36-33-30-27-25-24-26-28-31-34-37-40-43-46-50-54-58-62-66-70-74-85-79(84)73-69-65-61-57-53-49-18-16-14-12-10-8-6-4-2/h16,18,24,26,67,71,76-77,81-82H,3-15,17,19-23,25,27-66,68-70,72-75H2,1-2H3,(H,80,83)/b18-16-,26-24-,71-67+. The van der Waals surface area contributed by atoms with Crippen LogP contribution in [0.5, 0.6) is 0 Å². The molecular formula is C79H151NO5. The van der Waals surface area contributed by atoms with Gasteiger partial charge in [0.2, 0.25) is 5.91 Å². The van der Waals surface area contributed by atoms with E-state index >= 15 is 0 Å². The third-order valence-corrected chi connectivity index (χ3v) is 18.1. The van der Waals surface area contributed by atoms with E-state index in [4.69, 9.17) is 4.74 Å². The van der Waals surface area contributed by atoms with Gasteiger partial charge in [-0.1, -0.05) is 371 Å². The zero-order valence-corrected chi connectivity index (χ0v) is 57.6. The second kappa shape index (κ2) is 74.5. The van der Waals surface area contributed by atoms with Crippen LogP contribution in [0.4, 0.5) is 0 Å². The number of hydrogen-bond donors (Lipinski definition) is 3. The summed E-state index contributed by atoms with van der Waals surface area (Å²) in [5.74, 6) is -0.0541. The maximum absolute atomic E-state index is 12.6. The number of carbonyl (C=O) groups is 2. The Morgan fingerprint density at radius 2 is 0.553 bits per heavy atom. The highest BCUT2D eigenvalue weighted by Crippen LogP contribution is 2.19. The highest BCUT2D eigenvalue weighted by atomic mass is 16.5. The van der Waals surface area contributed by atoms with Crippen molar-refractivity contribution in [3.63, 3.8) is 0 Å². The number of aliphatic hydroxyl groups is 2. The van der Waals surface area contributed by atoms with Gasteiger partial charge in [-0.2, -0.15) is 0 Å². The van der Waals surface area contributed by atoms with Gasteiger partial charge in [-0.3, -0.25) is 9.59 Å². The SMILES string of the molecule is CCCCCCC/C=C\CCCCCCCC(=O)OCCCCCCCCCCCCCC/C=C\CCCCCCCCCCCCCCCC(=O)NC(CO)C(O)/C=C/CCCCCCCCCCCCCCCCCCCCCCCCC. The first-order valence-electron chi connectivity index (χ1n) is 38.8. The highest BCUT2D eigenvalue weighted by molar-refractivity contribution is 5.76. The van der Waals surface area contributed by atoms with Crippen molar-refractivity contribution in [1.29, 1.82) is 0 Å². The van der Waals surface area contributed by atoms with Crippen molar-refractivity contribution in [3.8, 4) is 0 Å². The Kier molecular flexibility index (Phi) is 72.9. The van der Waals surface area contributed by atoms with Gasteiger partial charge in [0.25, 0.3) is 0 Å². The smallest absolute Gasteiger partial charge is 0.305 e. The number of nitrogens with one attached hydrogen (secondary N) is 1. The molecule has 0 aliphatic carbocycles. The maximum atomic E-state index is 12.6. The Morgan fingerprint density at radius 1 is 0.318 bits per heavy atom. The summed E-state index contributed by atoms with van der Waals surface area (Å²) in [6, 6.07) is -0.629. The second-order valence-corrected chi connectivity index (χ2v) is 26.7. The Bertz CT molecular complexity index is 1380. The number of carbonyl (C=O) groups excluding carboxylic acids is 2. The van der Waals surface area contributed by atoms with Crippen LogP contribution in [-0.2, 0) is 14.3 Å². The first kappa shape index (κ1) is 83.1. The van der Waals surface area contributed by atoms with E-state index in [-0.39, 0.29) is 18.5 Å². The molecule has 0 saturated carbocycles. The Hall–Kier alpha value is -1.92. The van der Waals surface area contributed by atoms with E-state index in [2.05, 4.69) is 43.5 Å². The summed E-state index contributed by atoms with van der Waals surface area (Å²) in [7, 11) is 0. The molecule has 2 unspecified atom stereocenters. The van der Waals surface area contributed by atoms with Crippen LogP contribution in [0.1, 0.15) is 431 Å². The van der Waals surface area contributed by atoms with Gasteiger partial charge < -0.3 is 20.3 Å². The van der Waals surface area contributed by atoms with Crippen molar-refractivity contribution >= 4 is 11.9 Å². The number of rotatable bonds is 73. The molecule has 0 aliphatic rings. The highest BCUT2D eigenvalue weighted by Gasteiger charge is 2.18. The van der Waals surface area contributed by atoms with Crippen molar-refractivity contribution in [2.24, 2.45) is 0 Å². The molecule has 1 amide bonds. The molecular weight excluding hydrogens is 1040 g/mol. The first-order valence-corrected chi connectivity index (χ1v) is 38.8. The zero-order chi connectivity index (χ0) is 61.3. The van der Waals surface area contributed by atoms with Gasteiger partial charge >= 0.3 is 5.97 Å². The van der Waals surface area contributed by atoms with E-state index in [1.165, 1.54) is 360 Å². The van der Waals surface area contributed by atoms with Crippen LogP contribution in [0.25, 0.3) is 0 Å². The van der Waals surface area contributed by atoms with Crippen molar-refractivity contribution in [2.45, 2.75) is 443 Å². The minimum atomic E-state index is -0.846. The molecule has 6 nitrogen and oxygen atoms in total. The molecule has 0 aromatic carbocycles. The molecule has 0 radical (unpaired) electrons. The van der Waals surface area contributed by atoms with Crippen LogP contribution < -0.4 is 5.32 Å². The third kappa shape index (κ3) is 71.0. The normalized spacial score (nSPS) is 12.7. The molecule has 85 heavy (non-hydrogen) atoms. The maximum Gasteiger partial charge on any atom is 0.305 e. The molecule has 0 heterocycles. The summed E-state index contributed by atoms with van der Waals surface area (Å²) in [4.78, 5) is 24.6. The Morgan fingerprint density at radius 3 is 0.835 bits per heavy atom. The van der Waals surface area contributed by atoms with Gasteiger partial charge in [-0.25, -0.2) is 0 Å². The summed E-state index contributed by atoms with van der Waals surface area (Å²) in [6.45, 7) is 4.94. The van der Waals surface area contributed by atoms with Crippen molar-refractivity contribution in [3.05, 3.63) is 36.5 Å². The fourth-order valence-electron chi connectivity index (χ4n) is 12.2. The topological polar surface area (TPSA) is 95.9 Å². The Labute approximate surface area is 532 Å². The molecule has 0 aliphatic heterocycles.